The van der Waals surface area contributed by atoms with Gasteiger partial charge in [-0.15, -0.1) is 0 Å². The molecule has 1 N–H and O–H groups in total. The molecule has 1 aliphatic rings. The summed E-state index contributed by atoms with van der Waals surface area (Å²) in [4.78, 5) is 10.9. The van der Waals surface area contributed by atoms with Crippen LogP contribution in [-0.4, -0.2) is 38.4 Å². The van der Waals surface area contributed by atoms with Crippen molar-refractivity contribution in [2.45, 2.75) is 44.4 Å². The number of methoxy groups -OCH3 is 2. The summed E-state index contributed by atoms with van der Waals surface area (Å²) in [5.41, 5.74) is 0. The number of hydrogen-bond acceptors (Lipinski definition) is 4. The van der Waals surface area contributed by atoms with Gasteiger partial charge in [-0.1, -0.05) is 0 Å². The van der Waals surface area contributed by atoms with Gasteiger partial charge in [0.05, 0.1) is 19.6 Å². The number of hydrogen-bond donors (Lipinski definition) is 1. The minimum atomic E-state index is -0.160. The Morgan fingerprint density at radius 3 is 2.64 bits per heavy atom. The van der Waals surface area contributed by atoms with Gasteiger partial charge in [0.1, 0.15) is 0 Å². The van der Waals surface area contributed by atoms with Crippen LogP contribution in [0.15, 0.2) is 0 Å². The van der Waals surface area contributed by atoms with Crippen LogP contribution in [0.5, 0.6) is 0 Å². The van der Waals surface area contributed by atoms with E-state index in [2.05, 4.69) is 10.1 Å². The van der Waals surface area contributed by atoms with Gasteiger partial charge in [0.2, 0.25) is 0 Å². The molecule has 1 saturated carbocycles. The molecular weight excluding hydrogens is 182 g/mol. The Labute approximate surface area is 85.0 Å². The molecule has 82 valence electrons. The zero-order chi connectivity index (χ0) is 10.6. The van der Waals surface area contributed by atoms with Gasteiger partial charge >= 0.3 is 5.97 Å². The van der Waals surface area contributed by atoms with Crippen molar-refractivity contribution in [3.63, 3.8) is 0 Å². The molecule has 0 aromatic rings. The molecule has 1 atom stereocenters. The molecule has 4 nitrogen and oxygen atoms in total. The van der Waals surface area contributed by atoms with Crippen LogP contribution in [0.1, 0.15) is 26.2 Å². The second-order valence-electron chi connectivity index (χ2n) is 3.87. The van der Waals surface area contributed by atoms with Crippen LogP contribution in [0, 0.1) is 0 Å². The Morgan fingerprint density at radius 1 is 1.50 bits per heavy atom. The lowest BCUT2D eigenvalue weighted by atomic mass is 9.88. The van der Waals surface area contributed by atoms with Crippen LogP contribution in [0.4, 0.5) is 0 Å². The molecule has 1 unspecified atom stereocenters. The third-order valence-corrected chi connectivity index (χ3v) is 2.65. The van der Waals surface area contributed by atoms with E-state index in [1.165, 1.54) is 7.11 Å². The molecule has 0 bridgehead atoms. The fourth-order valence-corrected chi connectivity index (χ4v) is 1.69. The molecule has 0 radical (unpaired) electrons. The standard InChI is InChI=1S/C10H19NO3/c1-7(4-10(12)14-3)11-8-5-9(6-8)13-2/h7-9,11H,4-6H2,1-3H3. The van der Waals surface area contributed by atoms with E-state index in [-0.39, 0.29) is 12.0 Å². The van der Waals surface area contributed by atoms with Crippen molar-refractivity contribution in [2.24, 2.45) is 0 Å². The van der Waals surface area contributed by atoms with Crippen molar-refractivity contribution >= 4 is 5.97 Å². The van der Waals surface area contributed by atoms with Gasteiger partial charge in [0.25, 0.3) is 0 Å². The first-order chi connectivity index (χ1) is 6.65. The van der Waals surface area contributed by atoms with Crippen LogP contribution in [0.2, 0.25) is 0 Å². The fraction of sp³-hybridized carbons (Fsp3) is 0.900. The van der Waals surface area contributed by atoms with Gasteiger partial charge in [-0.2, -0.15) is 0 Å². The van der Waals surface area contributed by atoms with Gasteiger partial charge in [-0.3, -0.25) is 4.79 Å². The molecule has 0 amide bonds. The van der Waals surface area contributed by atoms with E-state index in [0.717, 1.165) is 12.8 Å². The molecule has 4 heteroatoms. The molecule has 0 heterocycles. The molecule has 0 aliphatic heterocycles. The summed E-state index contributed by atoms with van der Waals surface area (Å²) in [7, 11) is 3.15. The third-order valence-electron chi connectivity index (χ3n) is 2.65. The maximum absolute atomic E-state index is 10.9. The van der Waals surface area contributed by atoms with E-state index in [1.807, 2.05) is 6.92 Å². The summed E-state index contributed by atoms with van der Waals surface area (Å²) in [6.07, 6.45) is 2.92. The van der Waals surface area contributed by atoms with Crippen molar-refractivity contribution in [1.82, 2.24) is 5.32 Å². The lowest BCUT2D eigenvalue weighted by molar-refractivity contribution is -0.141. The summed E-state index contributed by atoms with van der Waals surface area (Å²) in [6, 6.07) is 0.685. The topological polar surface area (TPSA) is 47.6 Å². The largest absolute Gasteiger partial charge is 0.469 e. The predicted molar refractivity (Wildman–Crippen MR) is 53.0 cm³/mol. The first-order valence-corrected chi connectivity index (χ1v) is 5.01. The normalized spacial score (nSPS) is 27.9. The smallest absolute Gasteiger partial charge is 0.307 e. The first-order valence-electron chi connectivity index (χ1n) is 5.01. The number of nitrogens with one attached hydrogen (secondary N) is 1. The van der Waals surface area contributed by atoms with Gasteiger partial charge < -0.3 is 14.8 Å². The first kappa shape index (κ1) is 11.5. The van der Waals surface area contributed by atoms with E-state index in [9.17, 15) is 4.79 Å². The summed E-state index contributed by atoms with van der Waals surface area (Å²) in [5, 5.41) is 3.36. The molecule has 0 aromatic carbocycles. The van der Waals surface area contributed by atoms with Gasteiger partial charge in [-0.05, 0) is 19.8 Å². The highest BCUT2D eigenvalue weighted by Crippen LogP contribution is 2.23. The van der Waals surface area contributed by atoms with Crippen molar-refractivity contribution in [3.8, 4) is 0 Å². The lowest BCUT2D eigenvalue weighted by Gasteiger charge is -2.36. The molecular formula is C10H19NO3. The quantitative estimate of drug-likeness (QED) is 0.665. The monoisotopic (exact) mass is 201 g/mol. The summed E-state index contributed by atoms with van der Waals surface area (Å²) in [5.74, 6) is -0.160. The highest BCUT2D eigenvalue weighted by Gasteiger charge is 2.29. The van der Waals surface area contributed by atoms with Crippen LogP contribution in [0.3, 0.4) is 0 Å². The van der Waals surface area contributed by atoms with Gasteiger partial charge in [0, 0.05) is 19.2 Å². The van der Waals surface area contributed by atoms with Crippen LogP contribution < -0.4 is 5.32 Å². The predicted octanol–water partition coefficient (Wildman–Crippen LogP) is 0.705. The Hall–Kier alpha value is -0.610. The maximum atomic E-state index is 10.9. The van der Waals surface area contributed by atoms with Crippen molar-refractivity contribution in [2.75, 3.05) is 14.2 Å². The molecule has 0 spiro atoms. The average Bonchev–Trinajstić information content (AvgIpc) is 2.10. The molecule has 1 fully saturated rings. The lowest BCUT2D eigenvalue weighted by Crippen LogP contribution is -2.48. The van der Waals surface area contributed by atoms with Crippen molar-refractivity contribution in [3.05, 3.63) is 0 Å². The van der Waals surface area contributed by atoms with E-state index in [1.54, 1.807) is 7.11 Å². The van der Waals surface area contributed by atoms with Crippen LogP contribution in [0.25, 0.3) is 0 Å². The highest BCUT2D eigenvalue weighted by molar-refractivity contribution is 5.69. The average molecular weight is 201 g/mol. The zero-order valence-corrected chi connectivity index (χ0v) is 9.08. The second-order valence-corrected chi connectivity index (χ2v) is 3.87. The van der Waals surface area contributed by atoms with E-state index < -0.39 is 0 Å². The van der Waals surface area contributed by atoms with Crippen LogP contribution >= 0.6 is 0 Å². The highest BCUT2D eigenvalue weighted by atomic mass is 16.5. The number of ether oxygens (including phenoxy) is 2. The van der Waals surface area contributed by atoms with E-state index in [4.69, 9.17) is 4.74 Å². The second kappa shape index (κ2) is 5.32. The van der Waals surface area contributed by atoms with Crippen molar-refractivity contribution < 1.29 is 14.3 Å². The number of carbonyl (C=O) groups is 1. The fourth-order valence-electron chi connectivity index (χ4n) is 1.69. The SMILES string of the molecule is COC(=O)CC(C)NC1CC(OC)C1. The maximum Gasteiger partial charge on any atom is 0.307 e. The van der Waals surface area contributed by atoms with E-state index >= 15 is 0 Å². The number of carbonyl (C=O) groups excluding carboxylic acids is 1. The van der Waals surface area contributed by atoms with E-state index in [0.29, 0.717) is 18.6 Å². The minimum absolute atomic E-state index is 0.160. The Morgan fingerprint density at radius 2 is 2.14 bits per heavy atom. The minimum Gasteiger partial charge on any atom is -0.469 e. The Kier molecular flexibility index (Phi) is 4.35. The summed E-state index contributed by atoms with van der Waals surface area (Å²) in [6.45, 7) is 2.00. The Balaban J connectivity index is 2.10. The zero-order valence-electron chi connectivity index (χ0n) is 9.08. The van der Waals surface area contributed by atoms with Crippen LogP contribution in [-0.2, 0) is 14.3 Å². The van der Waals surface area contributed by atoms with Gasteiger partial charge in [0.15, 0.2) is 0 Å². The Bertz CT molecular complexity index is 190. The molecule has 0 aromatic heterocycles. The summed E-state index contributed by atoms with van der Waals surface area (Å²) < 4.78 is 9.76. The van der Waals surface area contributed by atoms with Crippen molar-refractivity contribution in [1.29, 1.82) is 0 Å². The molecule has 1 aliphatic carbocycles. The number of esters is 1. The third kappa shape index (κ3) is 3.27. The summed E-state index contributed by atoms with van der Waals surface area (Å²) >= 11 is 0. The number of rotatable bonds is 5. The van der Waals surface area contributed by atoms with Gasteiger partial charge in [-0.25, -0.2) is 0 Å². The molecule has 14 heavy (non-hydrogen) atoms. The molecule has 0 saturated heterocycles. The molecule has 1 rings (SSSR count).